The van der Waals surface area contributed by atoms with E-state index < -0.39 is 34.4 Å². The summed E-state index contributed by atoms with van der Waals surface area (Å²) in [6, 6.07) is 0. The van der Waals surface area contributed by atoms with E-state index in [1.54, 1.807) is 20.8 Å². The second-order valence-corrected chi connectivity index (χ2v) is 10.8. The number of carbonyl (C=O) groups is 3. The molecule has 1 N–H and O–H groups in total. The number of ether oxygens (including phenoxy) is 2. The standard InChI is InChI=1S/C22H39BN2O7/c1-15(26)24-22(17(27)29-9)14-25(18(28)30-19(2,3)4)13-16(22)11-10-12-23-31-20(5,6)21(7,8)32-23/h16H,10-14H2,1-9H3,(H,24,26)/t16-,22-/m0/s1. The number of rotatable bonds is 6. The maximum Gasteiger partial charge on any atom is 0.457 e. The van der Waals surface area contributed by atoms with Crippen molar-refractivity contribution in [1.29, 1.82) is 0 Å². The number of likely N-dealkylation sites (tertiary alicyclic amines) is 1. The van der Waals surface area contributed by atoms with Crippen LogP contribution < -0.4 is 5.32 Å². The van der Waals surface area contributed by atoms with Crippen LogP contribution in [0.25, 0.3) is 0 Å². The van der Waals surface area contributed by atoms with Gasteiger partial charge in [0.1, 0.15) is 5.60 Å². The molecule has 10 heteroatoms. The first kappa shape index (κ1) is 26.4. The maximum atomic E-state index is 12.9. The molecule has 0 radical (unpaired) electrons. The summed E-state index contributed by atoms with van der Waals surface area (Å²) in [4.78, 5) is 39.1. The Hall–Kier alpha value is -1.81. The molecule has 182 valence electrons. The van der Waals surface area contributed by atoms with Gasteiger partial charge in [-0.15, -0.1) is 0 Å². The zero-order chi connectivity index (χ0) is 24.5. The van der Waals surface area contributed by atoms with Crippen LogP contribution in [0.2, 0.25) is 6.32 Å². The van der Waals surface area contributed by atoms with E-state index in [0.29, 0.717) is 19.2 Å². The van der Waals surface area contributed by atoms with Crippen molar-refractivity contribution in [1.82, 2.24) is 10.2 Å². The molecular weight excluding hydrogens is 415 g/mol. The van der Waals surface area contributed by atoms with Gasteiger partial charge >= 0.3 is 19.2 Å². The highest BCUT2D eigenvalue weighted by molar-refractivity contribution is 6.45. The van der Waals surface area contributed by atoms with E-state index in [1.807, 2.05) is 27.7 Å². The fourth-order valence-electron chi connectivity index (χ4n) is 4.25. The molecule has 2 saturated heterocycles. The Balaban J connectivity index is 2.15. The molecule has 0 aromatic heterocycles. The zero-order valence-electron chi connectivity index (χ0n) is 21.0. The van der Waals surface area contributed by atoms with E-state index in [0.717, 1.165) is 0 Å². The van der Waals surface area contributed by atoms with Gasteiger partial charge in [0.15, 0.2) is 5.54 Å². The number of methoxy groups -OCH3 is 1. The van der Waals surface area contributed by atoms with Crippen molar-refractivity contribution < 1.29 is 33.2 Å². The second kappa shape index (κ2) is 9.21. The number of nitrogens with one attached hydrogen (secondary N) is 1. The Morgan fingerprint density at radius 2 is 1.69 bits per heavy atom. The molecule has 2 rings (SSSR count). The number of esters is 1. The summed E-state index contributed by atoms with van der Waals surface area (Å²) >= 11 is 0. The number of hydrogen-bond acceptors (Lipinski definition) is 7. The first-order valence-corrected chi connectivity index (χ1v) is 11.2. The fourth-order valence-corrected chi connectivity index (χ4v) is 4.25. The Kier molecular flexibility index (Phi) is 7.61. The fraction of sp³-hybridized carbons (Fsp3) is 0.864. The SMILES string of the molecule is COC(=O)[C@]1(NC(C)=O)CN(C(=O)OC(C)(C)C)C[C@@H]1CCCB1OC(C)(C)C(C)(C)O1. The highest BCUT2D eigenvalue weighted by atomic mass is 16.7. The molecule has 0 aromatic carbocycles. The molecule has 2 aliphatic heterocycles. The molecular formula is C22H39BN2O7. The minimum atomic E-state index is -1.33. The molecule has 0 aromatic rings. The molecule has 2 fully saturated rings. The van der Waals surface area contributed by atoms with Crippen LogP contribution in [0.3, 0.4) is 0 Å². The predicted octanol–water partition coefficient (Wildman–Crippen LogP) is 2.77. The van der Waals surface area contributed by atoms with Crippen LogP contribution in [0, 0.1) is 5.92 Å². The molecule has 32 heavy (non-hydrogen) atoms. The molecule has 2 amide bonds. The van der Waals surface area contributed by atoms with Gasteiger partial charge in [-0.25, -0.2) is 9.59 Å². The van der Waals surface area contributed by atoms with Gasteiger partial charge in [-0.2, -0.15) is 0 Å². The van der Waals surface area contributed by atoms with E-state index in [9.17, 15) is 14.4 Å². The van der Waals surface area contributed by atoms with Gasteiger partial charge in [-0.05, 0) is 61.2 Å². The highest BCUT2D eigenvalue weighted by Gasteiger charge is 2.56. The Labute approximate surface area is 192 Å². The third-order valence-corrected chi connectivity index (χ3v) is 6.47. The predicted molar refractivity (Wildman–Crippen MR) is 120 cm³/mol. The summed E-state index contributed by atoms with van der Waals surface area (Å²) in [6.07, 6.45) is 1.36. The third kappa shape index (κ3) is 5.75. The van der Waals surface area contributed by atoms with Crippen molar-refractivity contribution in [2.24, 2.45) is 5.92 Å². The molecule has 0 saturated carbocycles. The topological polar surface area (TPSA) is 103 Å². The van der Waals surface area contributed by atoms with Gasteiger partial charge in [0.05, 0.1) is 24.9 Å². The monoisotopic (exact) mass is 454 g/mol. The summed E-state index contributed by atoms with van der Waals surface area (Å²) in [5.41, 5.74) is -2.82. The van der Waals surface area contributed by atoms with Gasteiger partial charge in [-0.1, -0.05) is 6.42 Å². The number of amides is 2. The lowest BCUT2D eigenvalue weighted by Crippen LogP contribution is -2.60. The summed E-state index contributed by atoms with van der Waals surface area (Å²) in [5.74, 6) is -1.27. The number of nitrogens with zero attached hydrogens (tertiary/aromatic N) is 1. The van der Waals surface area contributed by atoms with Crippen LogP contribution in [-0.2, 0) is 28.4 Å². The summed E-state index contributed by atoms with van der Waals surface area (Å²) in [5, 5.41) is 2.78. The Morgan fingerprint density at radius 3 is 2.16 bits per heavy atom. The van der Waals surface area contributed by atoms with Crippen LogP contribution in [0.1, 0.15) is 68.2 Å². The molecule has 0 unspecified atom stereocenters. The van der Waals surface area contributed by atoms with Crippen LogP contribution >= 0.6 is 0 Å². The van der Waals surface area contributed by atoms with Crippen molar-refractivity contribution in [3.63, 3.8) is 0 Å². The average Bonchev–Trinajstić information content (AvgIpc) is 3.07. The van der Waals surface area contributed by atoms with Gasteiger partial charge in [0, 0.05) is 19.4 Å². The van der Waals surface area contributed by atoms with Gasteiger partial charge in [0.2, 0.25) is 5.91 Å². The second-order valence-electron chi connectivity index (χ2n) is 10.8. The average molecular weight is 454 g/mol. The molecule has 2 heterocycles. The van der Waals surface area contributed by atoms with E-state index in [4.69, 9.17) is 18.8 Å². The normalized spacial score (nSPS) is 26.7. The molecule has 0 spiro atoms. The number of carbonyl (C=O) groups excluding carboxylic acids is 3. The zero-order valence-corrected chi connectivity index (χ0v) is 21.0. The highest BCUT2D eigenvalue weighted by Crippen LogP contribution is 2.39. The quantitative estimate of drug-likeness (QED) is 0.486. The van der Waals surface area contributed by atoms with E-state index in [-0.39, 0.29) is 32.0 Å². The minimum absolute atomic E-state index is 0.00464. The third-order valence-electron chi connectivity index (χ3n) is 6.47. The lowest BCUT2D eigenvalue weighted by atomic mass is 9.77. The van der Waals surface area contributed by atoms with E-state index in [2.05, 4.69) is 5.32 Å². The van der Waals surface area contributed by atoms with Crippen LogP contribution in [0.4, 0.5) is 4.79 Å². The summed E-state index contributed by atoms with van der Waals surface area (Å²) < 4.78 is 22.7. The number of hydrogen-bond donors (Lipinski definition) is 1. The summed E-state index contributed by atoms with van der Waals surface area (Å²) in [7, 11) is 0.931. The Morgan fingerprint density at radius 1 is 1.12 bits per heavy atom. The van der Waals surface area contributed by atoms with Crippen molar-refractivity contribution in [3.8, 4) is 0 Å². The van der Waals surface area contributed by atoms with Gasteiger partial charge in [0.25, 0.3) is 0 Å². The lowest BCUT2D eigenvalue weighted by molar-refractivity contribution is -0.152. The molecule has 0 aliphatic carbocycles. The first-order valence-electron chi connectivity index (χ1n) is 11.2. The van der Waals surface area contributed by atoms with Gasteiger partial charge < -0.3 is 29.0 Å². The Bertz CT molecular complexity index is 718. The minimum Gasteiger partial charge on any atom is -0.467 e. The van der Waals surface area contributed by atoms with Crippen molar-refractivity contribution in [2.45, 2.75) is 96.9 Å². The molecule has 2 aliphatic rings. The largest absolute Gasteiger partial charge is 0.467 e. The van der Waals surface area contributed by atoms with Crippen molar-refractivity contribution in [2.75, 3.05) is 20.2 Å². The first-order chi connectivity index (χ1) is 14.5. The van der Waals surface area contributed by atoms with E-state index in [1.165, 1.54) is 18.9 Å². The van der Waals surface area contributed by atoms with Crippen LogP contribution in [0.5, 0.6) is 0 Å². The summed E-state index contributed by atoms with van der Waals surface area (Å²) in [6.45, 7) is 15.0. The smallest absolute Gasteiger partial charge is 0.457 e. The molecule has 2 atom stereocenters. The lowest BCUT2D eigenvalue weighted by Gasteiger charge is -2.32. The van der Waals surface area contributed by atoms with Crippen LogP contribution in [-0.4, -0.2) is 72.5 Å². The van der Waals surface area contributed by atoms with Crippen LogP contribution in [0.15, 0.2) is 0 Å². The van der Waals surface area contributed by atoms with Crippen molar-refractivity contribution in [3.05, 3.63) is 0 Å². The molecule has 0 bridgehead atoms. The van der Waals surface area contributed by atoms with Gasteiger partial charge in [-0.3, -0.25) is 4.79 Å². The maximum absolute atomic E-state index is 12.9. The van der Waals surface area contributed by atoms with Crippen molar-refractivity contribution >= 4 is 25.1 Å². The molecule has 9 nitrogen and oxygen atoms in total. The van der Waals surface area contributed by atoms with E-state index >= 15 is 0 Å².